The molecule has 1 aromatic carbocycles. The lowest BCUT2D eigenvalue weighted by Gasteiger charge is -2.14. The van der Waals surface area contributed by atoms with E-state index in [1.165, 1.54) is 22.4 Å². The molecule has 0 aliphatic heterocycles. The number of imidazole rings is 2. The number of ether oxygens (including phenoxy) is 1. The van der Waals surface area contributed by atoms with E-state index >= 15 is 0 Å². The molecule has 7 heteroatoms. The number of nitrogens with zero attached hydrogens (tertiary/aromatic N) is 4. The average Bonchev–Trinajstić information content (AvgIpc) is 3.30. The Morgan fingerprint density at radius 1 is 0.829 bits per heavy atom. The summed E-state index contributed by atoms with van der Waals surface area (Å²) in [5.74, 6) is 0.908. The van der Waals surface area contributed by atoms with Crippen molar-refractivity contribution in [2.75, 3.05) is 18.2 Å². The largest absolute Gasteiger partial charge is 0.497 e. The highest BCUT2D eigenvalue weighted by Gasteiger charge is 2.10. The first-order chi connectivity index (χ1) is 16.7. The molecular weight excluding hydrogens is 436 g/mol. The molecule has 182 valence electrons. The standard InChI is InChI=1S/C19H23N3O.C9H11N3/c1-12-9-16(23-5)10-13(2)17(12)11-20-18-7-6-8-22-15(4)14(3)21-19(18)22;1-6-7(2)12-5-3-4-8(10)9(12)11-6/h6-10,20H,11H2,1-5H3;3-5H,10H2,1-2H3. The Labute approximate surface area is 206 Å². The van der Waals surface area contributed by atoms with Crippen LogP contribution in [-0.2, 0) is 6.54 Å². The van der Waals surface area contributed by atoms with Crippen LogP contribution in [-0.4, -0.2) is 25.9 Å². The molecule has 0 atom stereocenters. The van der Waals surface area contributed by atoms with Crippen LogP contribution in [0.4, 0.5) is 11.4 Å². The first-order valence-electron chi connectivity index (χ1n) is 11.7. The molecule has 5 aromatic rings. The summed E-state index contributed by atoms with van der Waals surface area (Å²) < 4.78 is 9.47. The van der Waals surface area contributed by atoms with Crippen LogP contribution in [0, 0.1) is 41.5 Å². The van der Waals surface area contributed by atoms with Crippen LogP contribution in [0.25, 0.3) is 11.3 Å². The van der Waals surface area contributed by atoms with E-state index in [0.29, 0.717) is 0 Å². The molecule has 0 unspecified atom stereocenters. The monoisotopic (exact) mass is 470 g/mol. The molecule has 35 heavy (non-hydrogen) atoms. The van der Waals surface area contributed by atoms with Gasteiger partial charge in [-0.15, -0.1) is 0 Å². The number of aromatic nitrogens is 4. The van der Waals surface area contributed by atoms with Crippen LogP contribution in [0.1, 0.15) is 39.5 Å². The zero-order chi connectivity index (χ0) is 25.3. The molecule has 0 saturated carbocycles. The van der Waals surface area contributed by atoms with Gasteiger partial charge in [0.25, 0.3) is 0 Å². The highest BCUT2D eigenvalue weighted by molar-refractivity contribution is 5.69. The normalized spacial score (nSPS) is 10.9. The van der Waals surface area contributed by atoms with Gasteiger partial charge in [-0.05, 0) is 94.6 Å². The van der Waals surface area contributed by atoms with Gasteiger partial charge in [0.2, 0.25) is 0 Å². The Morgan fingerprint density at radius 3 is 1.94 bits per heavy atom. The minimum absolute atomic E-state index is 0.730. The topological polar surface area (TPSA) is 81.9 Å². The quantitative estimate of drug-likeness (QED) is 0.351. The number of aryl methyl sites for hydroxylation is 6. The minimum Gasteiger partial charge on any atom is -0.497 e. The summed E-state index contributed by atoms with van der Waals surface area (Å²) in [7, 11) is 1.70. The fraction of sp³-hybridized carbons (Fsp3) is 0.286. The van der Waals surface area contributed by atoms with E-state index in [0.717, 1.165) is 52.0 Å². The second kappa shape index (κ2) is 9.70. The summed E-state index contributed by atoms with van der Waals surface area (Å²) in [4.78, 5) is 9.03. The lowest BCUT2D eigenvalue weighted by Crippen LogP contribution is -2.05. The van der Waals surface area contributed by atoms with Crippen molar-refractivity contribution in [2.24, 2.45) is 0 Å². The number of nitrogens with one attached hydrogen (secondary N) is 1. The van der Waals surface area contributed by atoms with E-state index in [1.54, 1.807) is 7.11 Å². The average molecular weight is 471 g/mol. The zero-order valence-corrected chi connectivity index (χ0v) is 21.6. The number of fused-ring (bicyclic) bond motifs is 2. The molecule has 0 aliphatic rings. The fourth-order valence-corrected chi connectivity index (χ4v) is 4.29. The third-order valence-corrected chi connectivity index (χ3v) is 6.64. The van der Waals surface area contributed by atoms with Crippen molar-refractivity contribution >= 4 is 22.7 Å². The molecule has 0 bridgehead atoms. The fourth-order valence-electron chi connectivity index (χ4n) is 4.29. The molecule has 0 spiro atoms. The van der Waals surface area contributed by atoms with Crippen molar-refractivity contribution in [1.82, 2.24) is 18.8 Å². The van der Waals surface area contributed by atoms with E-state index in [1.807, 2.05) is 43.5 Å². The number of anilines is 2. The number of nitrogen functional groups attached to an aromatic ring is 1. The maximum absolute atomic E-state index is 5.76. The Kier molecular flexibility index (Phi) is 6.69. The maximum Gasteiger partial charge on any atom is 0.160 e. The van der Waals surface area contributed by atoms with Crippen LogP contribution < -0.4 is 15.8 Å². The highest BCUT2D eigenvalue weighted by Crippen LogP contribution is 2.24. The van der Waals surface area contributed by atoms with Crippen LogP contribution >= 0.6 is 0 Å². The van der Waals surface area contributed by atoms with Crippen molar-refractivity contribution < 1.29 is 4.74 Å². The Bertz CT molecular complexity index is 1490. The van der Waals surface area contributed by atoms with Crippen LogP contribution in [0.2, 0.25) is 0 Å². The predicted octanol–water partition coefficient (Wildman–Crippen LogP) is 5.72. The number of methoxy groups -OCH3 is 1. The second-order valence-electron chi connectivity index (χ2n) is 8.93. The number of pyridine rings is 2. The minimum atomic E-state index is 0.730. The Morgan fingerprint density at radius 2 is 1.37 bits per heavy atom. The van der Waals surface area contributed by atoms with Gasteiger partial charge < -0.3 is 24.6 Å². The van der Waals surface area contributed by atoms with Gasteiger partial charge in [0.15, 0.2) is 11.3 Å². The molecule has 5 rings (SSSR count). The summed E-state index contributed by atoms with van der Waals surface area (Å²) in [6, 6.07) is 12.1. The van der Waals surface area contributed by atoms with E-state index in [4.69, 9.17) is 10.5 Å². The molecule has 0 amide bonds. The Balaban J connectivity index is 0.000000201. The number of rotatable bonds is 4. The summed E-state index contributed by atoms with van der Waals surface area (Å²) in [6.07, 6.45) is 4.03. The molecule has 0 fully saturated rings. The van der Waals surface area contributed by atoms with Crippen molar-refractivity contribution in [3.05, 3.63) is 88.3 Å². The first kappa shape index (κ1) is 24.1. The lowest BCUT2D eigenvalue weighted by molar-refractivity contribution is 0.414. The van der Waals surface area contributed by atoms with Crippen LogP contribution in [0.3, 0.4) is 0 Å². The summed E-state index contributed by atoms with van der Waals surface area (Å²) in [5.41, 5.74) is 17.6. The van der Waals surface area contributed by atoms with Gasteiger partial charge in [-0.25, -0.2) is 9.97 Å². The molecule has 0 radical (unpaired) electrons. The summed E-state index contributed by atoms with van der Waals surface area (Å²) in [6.45, 7) is 13.2. The van der Waals surface area contributed by atoms with Gasteiger partial charge in [-0.1, -0.05) is 0 Å². The lowest BCUT2D eigenvalue weighted by atomic mass is 10.0. The first-order valence-corrected chi connectivity index (χ1v) is 11.7. The third kappa shape index (κ3) is 4.67. The highest BCUT2D eigenvalue weighted by atomic mass is 16.5. The molecule has 4 heterocycles. The number of hydrogen-bond donors (Lipinski definition) is 2. The van der Waals surface area contributed by atoms with E-state index in [2.05, 4.69) is 70.9 Å². The summed E-state index contributed by atoms with van der Waals surface area (Å²) in [5, 5.41) is 3.54. The van der Waals surface area contributed by atoms with Crippen molar-refractivity contribution in [3.8, 4) is 5.75 Å². The third-order valence-electron chi connectivity index (χ3n) is 6.64. The van der Waals surface area contributed by atoms with E-state index in [-0.39, 0.29) is 0 Å². The van der Waals surface area contributed by atoms with Crippen molar-refractivity contribution in [3.63, 3.8) is 0 Å². The van der Waals surface area contributed by atoms with E-state index in [9.17, 15) is 0 Å². The summed E-state index contributed by atoms with van der Waals surface area (Å²) >= 11 is 0. The van der Waals surface area contributed by atoms with Gasteiger partial charge in [0.1, 0.15) is 5.75 Å². The SMILES string of the molecule is COc1cc(C)c(CNc2cccn3c(C)c(C)nc23)c(C)c1.Cc1nc2c(N)cccn2c1C. The Hall–Kier alpha value is -4.00. The number of nitrogens with two attached hydrogens (primary N) is 1. The molecule has 0 aliphatic carbocycles. The van der Waals surface area contributed by atoms with Crippen molar-refractivity contribution in [1.29, 1.82) is 0 Å². The van der Waals surface area contributed by atoms with Gasteiger partial charge in [-0.3, -0.25) is 0 Å². The molecule has 3 N–H and O–H groups in total. The van der Waals surface area contributed by atoms with Crippen LogP contribution in [0.5, 0.6) is 5.75 Å². The van der Waals surface area contributed by atoms with Gasteiger partial charge in [-0.2, -0.15) is 0 Å². The number of hydrogen-bond acceptors (Lipinski definition) is 5. The van der Waals surface area contributed by atoms with Crippen molar-refractivity contribution in [2.45, 2.75) is 48.1 Å². The predicted molar refractivity (Wildman–Crippen MR) is 144 cm³/mol. The molecule has 7 nitrogen and oxygen atoms in total. The van der Waals surface area contributed by atoms with Gasteiger partial charge >= 0.3 is 0 Å². The molecular formula is C28H34N6O. The maximum atomic E-state index is 5.76. The molecule has 0 saturated heterocycles. The van der Waals surface area contributed by atoms with Crippen LogP contribution in [0.15, 0.2) is 48.8 Å². The number of benzene rings is 1. The van der Waals surface area contributed by atoms with Gasteiger partial charge in [0, 0.05) is 30.3 Å². The zero-order valence-electron chi connectivity index (χ0n) is 21.6. The van der Waals surface area contributed by atoms with Gasteiger partial charge in [0.05, 0.1) is 29.9 Å². The van der Waals surface area contributed by atoms with E-state index < -0.39 is 0 Å². The molecule has 4 aromatic heterocycles. The second-order valence-corrected chi connectivity index (χ2v) is 8.93. The smallest absolute Gasteiger partial charge is 0.160 e.